The van der Waals surface area contributed by atoms with Gasteiger partial charge in [-0.05, 0) is 48.4 Å². The number of hydrogen-bond acceptors (Lipinski definition) is 8. The van der Waals surface area contributed by atoms with Crippen LogP contribution in [0, 0.1) is 5.92 Å². The average Bonchev–Trinajstić information content (AvgIpc) is 3.59. The van der Waals surface area contributed by atoms with Crippen LogP contribution in [0.15, 0.2) is 71.3 Å². The van der Waals surface area contributed by atoms with Crippen molar-refractivity contribution >= 4 is 23.3 Å². The summed E-state index contributed by atoms with van der Waals surface area (Å²) in [6.07, 6.45) is -2.75. The van der Waals surface area contributed by atoms with Crippen molar-refractivity contribution in [1.82, 2.24) is 15.2 Å². The summed E-state index contributed by atoms with van der Waals surface area (Å²) in [5.74, 6) is -0.840. The van der Waals surface area contributed by atoms with Crippen LogP contribution in [-0.2, 0) is 11.0 Å². The Hall–Kier alpha value is -4.45. The van der Waals surface area contributed by atoms with Gasteiger partial charge < -0.3 is 25.5 Å². The number of nitrogens with one attached hydrogen (secondary N) is 3. The van der Waals surface area contributed by atoms with Crippen molar-refractivity contribution in [2.75, 3.05) is 16.0 Å². The van der Waals surface area contributed by atoms with E-state index in [1.807, 2.05) is 61.5 Å². The zero-order valence-corrected chi connectivity index (χ0v) is 22.6. The fraction of sp³-hybridized carbons (Fsp3) is 0.333. The normalized spacial score (nSPS) is 24.0. The Morgan fingerprint density at radius 1 is 1.02 bits per heavy atom. The summed E-state index contributed by atoms with van der Waals surface area (Å²) in [6.45, 7) is 1.96. The highest BCUT2D eigenvalue weighted by Crippen LogP contribution is 2.41. The van der Waals surface area contributed by atoms with Crippen LogP contribution in [0.1, 0.15) is 48.8 Å². The van der Waals surface area contributed by atoms with Gasteiger partial charge in [0.2, 0.25) is 5.91 Å². The van der Waals surface area contributed by atoms with E-state index in [4.69, 9.17) is 4.42 Å². The molecule has 5 unspecified atom stereocenters. The lowest BCUT2D eigenvalue weighted by Crippen LogP contribution is -2.40. The Kier molecular flexibility index (Phi) is 7.31. The molecular formula is C30H29F3N6O3. The molecule has 1 aliphatic carbocycles. The average molecular weight is 579 g/mol. The number of benzene rings is 2. The van der Waals surface area contributed by atoms with E-state index in [2.05, 4.69) is 31.1 Å². The third-order valence-corrected chi connectivity index (χ3v) is 7.99. The fourth-order valence-electron chi connectivity index (χ4n) is 5.87. The van der Waals surface area contributed by atoms with Gasteiger partial charge >= 0.3 is 12.2 Å². The van der Waals surface area contributed by atoms with Crippen LogP contribution in [0.3, 0.4) is 0 Å². The summed E-state index contributed by atoms with van der Waals surface area (Å²) in [7, 11) is 0. The molecule has 4 aromatic rings. The van der Waals surface area contributed by atoms with Crippen molar-refractivity contribution in [2.45, 2.75) is 56.5 Å². The molecule has 1 aliphatic heterocycles. The van der Waals surface area contributed by atoms with Crippen LogP contribution in [0.4, 0.5) is 30.6 Å². The molecule has 5 atom stereocenters. The number of carbonyl (C=O) groups excluding carboxylic acids is 1. The van der Waals surface area contributed by atoms with Crippen LogP contribution >= 0.6 is 0 Å². The number of aliphatic hydroxyl groups excluding tert-OH is 1. The van der Waals surface area contributed by atoms with Gasteiger partial charge in [-0.25, -0.2) is 4.98 Å². The van der Waals surface area contributed by atoms with Gasteiger partial charge in [-0.1, -0.05) is 60.6 Å². The van der Waals surface area contributed by atoms with Crippen molar-refractivity contribution < 1.29 is 27.5 Å². The van der Waals surface area contributed by atoms with Crippen LogP contribution in [0.2, 0.25) is 0 Å². The van der Waals surface area contributed by atoms with Crippen LogP contribution in [0.25, 0.3) is 11.6 Å². The minimum atomic E-state index is -4.62. The van der Waals surface area contributed by atoms with E-state index < -0.39 is 29.9 Å². The molecule has 4 N–H and O–H groups in total. The molecule has 6 rings (SSSR count). The Labute approximate surface area is 239 Å². The molecule has 2 aromatic heterocycles. The number of fused-ring (bicyclic) bond motifs is 1. The van der Waals surface area contributed by atoms with Crippen LogP contribution in [-0.4, -0.2) is 44.4 Å². The van der Waals surface area contributed by atoms with E-state index in [0.29, 0.717) is 24.7 Å². The maximum Gasteiger partial charge on any atom is 0.417 e. The van der Waals surface area contributed by atoms with Crippen molar-refractivity contribution in [3.63, 3.8) is 0 Å². The lowest BCUT2D eigenvalue weighted by Gasteiger charge is -2.28. The zero-order chi connectivity index (χ0) is 29.4. The number of aromatic nitrogens is 3. The third kappa shape index (κ3) is 5.41. The van der Waals surface area contributed by atoms with E-state index in [0.717, 1.165) is 23.6 Å². The second-order valence-electron chi connectivity index (χ2n) is 10.7. The SMILES string of the molecule is CC1C(Nc2nnc(-c3ncc(C(F)(F)F)cc3NC3CCCC3O)o2)C(=O)Nc2ccccc2C1c1ccccc1. The largest absolute Gasteiger partial charge is 0.417 e. The van der Waals surface area contributed by atoms with Crippen molar-refractivity contribution in [3.05, 3.63) is 83.6 Å². The molecule has 0 bridgehead atoms. The second kappa shape index (κ2) is 11.1. The van der Waals surface area contributed by atoms with E-state index in [1.54, 1.807) is 0 Å². The number of anilines is 3. The number of rotatable bonds is 6. The van der Waals surface area contributed by atoms with Gasteiger partial charge in [0.15, 0.2) is 5.69 Å². The smallest absolute Gasteiger partial charge is 0.402 e. The lowest BCUT2D eigenvalue weighted by molar-refractivity contribution is -0.137. The van der Waals surface area contributed by atoms with Gasteiger partial charge in [-0.3, -0.25) is 4.79 Å². The predicted molar refractivity (Wildman–Crippen MR) is 150 cm³/mol. The summed E-state index contributed by atoms with van der Waals surface area (Å²) in [4.78, 5) is 17.4. The number of amides is 1. The topological polar surface area (TPSA) is 125 Å². The minimum absolute atomic E-state index is 0.00980. The number of alkyl halides is 3. The molecule has 42 heavy (non-hydrogen) atoms. The van der Waals surface area contributed by atoms with Gasteiger partial charge in [0.25, 0.3) is 5.89 Å². The summed E-state index contributed by atoms with van der Waals surface area (Å²) in [5.41, 5.74) is 1.79. The standard InChI is InChI=1S/C30H29F3N6O3/c1-16-24(17-8-3-2-4-9-17)19-10-5-6-11-20(19)36-27(41)25(16)37-29-39-38-28(42-29)26-22(35-21-12-7-13-23(21)40)14-18(15-34-26)30(31,32)33/h2-6,8-11,14-16,21,23-25,35,40H,7,12-13H2,1H3,(H,36,41)(H,37,39). The summed E-state index contributed by atoms with van der Waals surface area (Å²) >= 11 is 0. The molecule has 12 heteroatoms. The number of pyridine rings is 1. The molecule has 9 nitrogen and oxygen atoms in total. The summed E-state index contributed by atoms with van der Waals surface area (Å²) < 4.78 is 46.3. The Morgan fingerprint density at radius 2 is 1.79 bits per heavy atom. The summed E-state index contributed by atoms with van der Waals surface area (Å²) in [5, 5.41) is 27.4. The predicted octanol–water partition coefficient (Wildman–Crippen LogP) is 5.68. The molecule has 1 amide bonds. The molecule has 0 saturated heterocycles. The first-order chi connectivity index (χ1) is 20.2. The molecule has 2 aromatic carbocycles. The molecule has 0 spiro atoms. The zero-order valence-electron chi connectivity index (χ0n) is 22.6. The highest BCUT2D eigenvalue weighted by Gasteiger charge is 2.39. The molecule has 1 saturated carbocycles. The van der Waals surface area contributed by atoms with Gasteiger partial charge in [0, 0.05) is 17.8 Å². The molecule has 218 valence electrons. The quantitative estimate of drug-likeness (QED) is 0.231. The fourth-order valence-corrected chi connectivity index (χ4v) is 5.87. The van der Waals surface area contributed by atoms with Gasteiger partial charge in [-0.2, -0.15) is 13.2 Å². The minimum Gasteiger partial charge on any atom is -0.402 e. The first-order valence-electron chi connectivity index (χ1n) is 13.8. The number of para-hydroxylation sites is 1. The number of aliphatic hydroxyl groups is 1. The molecular weight excluding hydrogens is 549 g/mol. The van der Waals surface area contributed by atoms with Crippen molar-refractivity contribution in [1.29, 1.82) is 0 Å². The first kappa shape index (κ1) is 27.7. The maximum absolute atomic E-state index is 13.5. The first-order valence-corrected chi connectivity index (χ1v) is 13.8. The Morgan fingerprint density at radius 3 is 2.52 bits per heavy atom. The van der Waals surface area contributed by atoms with E-state index in [9.17, 15) is 23.1 Å². The van der Waals surface area contributed by atoms with Crippen molar-refractivity contribution in [3.8, 4) is 11.6 Å². The number of carbonyl (C=O) groups is 1. The lowest BCUT2D eigenvalue weighted by atomic mass is 9.78. The highest BCUT2D eigenvalue weighted by molar-refractivity contribution is 5.98. The third-order valence-electron chi connectivity index (χ3n) is 7.99. The number of nitrogens with zero attached hydrogens (tertiary/aromatic N) is 3. The van der Waals surface area contributed by atoms with Gasteiger partial charge in [0.05, 0.1) is 23.4 Å². The number of halogens is 3. The molecule has 2 aliphatic rings. The Balaban J connectivity index is 1.31. The molecule has 0 radical (unpaired) electrons. The van der Waals surface area contributed by atoms with Gasteiger partial charge in [0.1, 0.15) is 6.04 Å². The molecule has 3 heterocycles. The highest BCUT2D eigenvalue weighted by atomic mass is 19.4. The van der Waals surface area contributed by atoms with Gasteiger partial charge in [-0.15, -0.1) is 5.10 Å². The van der Waals surface area contributed by atoms with E-state index in [-0.39, 0.29) is 41.0 Å². The van der Waals surface area contributed by atoms with E-state index >= 15 is 0 Å². The second-order valence-corrected chi connectivity index (χ2v) is 10.7. The van der Waals surface area contributed by atoms with Crippen LogP contribution < -0.4 is 16.0 Å². The monoisotopic (exact) mass is 578 g/mol. The Bertz CT molecular complexity index is 1580. The molecule has 1 fully saturated rings. The maximum atomic E-state index is 13.5. The van der Waals surface area contributed by atoms with Crippen LogP contribution in [0.5, 0.6) is 0 Å². The number of hydrogen-bond donors (Lipinski definition) is 4. The summed E-state index contributed by atoms with van der Waals surface area (Å²) in [6, 6.07) is 17.1. The van der Waals surface area contributed by atoms with E-state index in [1.165, 1.54) is 0 Å². The van der Waals surface area contributed by atoms with Crippen molar-refractivity contribution in [2.24, 2.45) is 5.92 Å².